The maximum Gasteiger partial charge on any atom is 0.0151 e. The van der Waals surface area contributed by atoms with Crippen LogP contribution in [0.15, 0.2) is 58.3 Å². The number of hydrogen-bond acceptors (Lipinski definition) is 2. The molecular formula is C22H26S2. The van der Waals surface area contributed by atoms with E-state index < -0.39 is 0 Å². The van der Waals surface area contributed by atoms with Crippen molar-refractivity contribution < 1.29 is 0 Å². The second-order valence-corrected chi connectivity index (χ2v) is 8.48. The second kappa shape index (κ2) is 8.82. The van der Waals surface area contributed by atoms with Gasteiger partial charge in [-0.3, -0.25) is 0 Å². The fourth-order valence-corrected chi connectivity index (χ4v) is 5.22. The molecule has 0 amide bonds. The van der Waals surface area contributed by atoms with Gasteiger partial charge in [0.1, 0.15) is 0 Å². The van der Waals surface area contributed by atoms with Gasteiger partial charge in [-0.1, -0.05) is 51.0 Å². The number of unbranched alkanes of at least 4 members (excludes halogenated alkanes) is 2. The molecule has 24 heavy (non-hydrogen) atoms. The maximum absolute atomic E-state index is 2.42. The highest BCUT2D eigenvalue weighted by molar-refractivity contribution is 7.99. The number of benzene rings is 3. The predicted octanol–water partition coefficient (Wildman–Crippen LogP) is 7.78. The first-order valence-electron chi connectivity index (χ1n) is 9.04. The molecule has 126 valence electrons. The number of hydrogen-bond donors (Lipinski definition) is 0. The summed E-state index contributed by atoms with van der Waals surface area (Å²) in [5.41, 5.74) is 0. The van der Waals surface area contributed by atoms with Crippen LogP contribution >= 0.6 is 23.5 Å². The third-order valence-corrected chi connectivity index (χ3v) is 6.63. The van der Waals surface area contributed by atoms with Crippen molar-refractivity contribution in [2.24, 2.45) is 0 Å². The van der Waals surface area contributed by atoms with Gasteiger partial charge in [-0.15, -0.1) is 23.5 Å². The minimum atomic E-state index is 1.21. The molecule has 0 saturated carbocycles. The SMILES string of the molecule is CCCCSc1cccc2cc3cccc(SCCCC)c3cc12. The van der Waals surface area contributed by atoms with Crippen LogP contribution < -0.4 is 0 Å². The average molecular weight is 355 g/mol. The summed E-state index contributed by atoms with van der Waals surface area (Å²) in [6, 6.07) is 18.2. The molecule has 2 heteroatoms. The van der Waals surface area contributed by atoms with Crippen LogP contribution in [-0.4, -0.2) is 11.5 Å². The molecule has 0 bridgehead atoms. The lowest BCUT2D eigenvalue weighted by Crippen LogP contribution is -1.85. The first-order chi connectivity index (χ1) is 11.8. The summed E-state index contributed by atoms with van der Waals surface area (Å²) in [7, 11) is 0. The molecule has 0 saturated heterocycles. The highest BCUT2D eigenvalue weighted by Gasteiger charge is 2.07. The summed E-state index contributed by atoms with van der Waals surface area (Å²) < 4.78 is 0. The lowest BCUT2D eigenvalue weighted by Gasteiger charge is -2.11. The largest absolute Gasteiger partial charge is 0.126 e. The quantitative estimate of drug-likeness (QED) is 0.230. The Morgan fingerprint density at radius 1 is 0.667 bits per heavy atom. The van der Waals surface area contributed by atoms with Crippen molar-refractivity contribution in [3.63, 3.8) is 0 Å². The molecule has 0 nitrogen and oxygen atoms in total. The minimum Gasteiger partial charge on any atom is -0.126 e. The van der Waals surface area contributed by atoms with Crippen LogP contribution in [0.3, 0.4) is 0 Å². The van der Waals surface area contributed by atoms with Gasteiger partial charge in [-0.2, -0.15) is 0 Å². The third kappa shape index (κ3) is 4.10. The van der Waals surface area contributed by atoms with Crippen molar-refractivity contribution in [1.29, 1.82) is 0 Å². The van der Waals surface area contributed by atoms with Gasteiger partial charge in [-0.25, -0.2) is 0 Å². The van der Waals surface area contributed by atoms with Crippen LogP contribution in [0.1, 0.15) is 39.5 Å². The van der Waals surface area contributed by atoms with E-state index in [1.807, 2.05) is 23.5 Å². The van der Waals surface area contributed by atoms with Crippen molar-refractivity contribution in [1.82, 2.24) is 0 Å². The topological polar surface area (TPSA) is 0 Å². The Labute approximate surface area is 154 Å². The van der Waals surface area contributed by atoms with Gasteiger partial charge in [0.05, 0.1) is 0 Å². The van der Waals surface area contributed by atoms with Crippen molar-refractivity contribution >= 4 is 45.1 Å². The summed E-state index contributed by atoms with van der Waals surface area (Å²) in [6.45, 7) is 4.52. The molecule has 3 aromatic carbocycles. The molecule has 0 unspecified atom stereocenters. The molecule has 0 heterocycles. The molecule has 0 aliphatic carbocycles. The van der Waals surface area contributed by atoms with Gasteiger partial charge in [0.15, 0.2) is 0 Å². The van der Waals surface area contributed by atoms with E-state index >= 15 is 0 Å². The van der Waals surface area contributed by atoms with Crippen LogP contribution in [0.25, 0.3) is 21.5 Å². The van der Waals surface area contributed by atoms with Gasteiger partial charge in [0.2, 0.25) is 0 Å². The zero-order chi connectivity index (χ0) is 16.8. The van der Waals surface area contributed by atoms with Gasteiger partial charge in [0.25, 0.3) is 0 Å². The summed E-state index contributed by atoms with van der Waals surface area (Å²) in [4.78, 5) is 2.85. The zero-order valence-corrected chi connectivity index (χ0v) is 16.3. The van der Waals surface area contributed by atoms with E-state index in [-0.39, 0.29) is 0 Å². The van der Waals surface area contributed by atoms with Crippen LogP contribution in [-0.2, 0) is 0 Å². The first-order valence-corrected chi connectivity index (χ1v) is 11.0. The average Bonchev–Trinajstić information content (AvgIpc) is 2.61. The van der Waals surface area contributed by atoms with E-state index in [9.17, 15) is 0 Å². The van der Waals surface area contributed by atoms with E-state index in [1.54, 1.807) is 0 Å². The number of rotatable bonds is 8. The molecule has 3 rings (SSSR count). The van der Waals surface area contributed by atoms with E-state index in [4.69, 9.17) is 0 Å². The molecule has 3 aromatic rings. The summed E-state index contributed by atoms with van der Waals surface area (Å²) in [5.74, 6) is 2.42. The molecule has 0 aliphatic rings. The standard InChI is InChI=1S/C22H26S2/c1-3-5-13-23-21-11-7-9-17-15-18-10-8-12-22(24-14-6-4-2)20(18)16-19(17)21/h7-12,15-16H,3-6,13-14H2,1-2H3. The van der Waals surface area contributed by atoms with Gasteiger partial charge >= 0.3 is 0 Å². The van der Waals surface area contributed by atoms with Gasteiger partial charge in [-0.05, 0) is 70.2 Å². The van der Waals surface area contributed by atoms with Crippen LogP contribution in [0.5, 0.6) is 0 Å². The van der Waals surface area contributed by atoms with Crippen molar-refractivity contribution in [3.8, 4) is 0 Å². The van der Waals surface area contributed by atoms with E-state index in [0.29, 0.717) is 0 Å². The summed E-state index contributed by atoms with van der Waals surface area (Å²) in [6.07, 6.45) is 5.09. The first kappa shape index (κ1) is 17.7. The summed E-state index contributed by atoms with van der Waals surface area (Å²) >= 11 is 4.01. The van der Waals surface area contributed by atoms with Crippen molar-refractivity contribution in [3.05, 3.63) is 48.5 Å². The summed E-state index contributed by atoms with van der Waals surface area (Å²) in [5, 5.41) is 5.55. The minimum absolute atomic E-state index is 1.21. The third-order valence-electron chi connectivity index (χ3n) is 4.31. The zero-order valence-electron chi connectivity index (χ0n) is 14.7. The van der Waals surface area contributed by atoms with Gasteiger partial charge in [0, 0.05) is 9.79 Å². The second-order valence-electron chi connectivity index (χ2n) is 6.21. The van der Waals surface area contributed by atoms with E-state index in [1.165, 1.54) is 68.5 Å². The molecule has 0 fully saturated rings. The van der Waals surface area contributed by atoms with Gasteiger partial charge < -0.3 is 0 Å². The van der Waals surface area contributed by atoms with Crippen LogP contribution in [0.4, 0.5) is 0 Å². The lowest BCUT2D eigenvalue weighted by atomic mass is 10.0. The monoisotopic (exact) mass is 354 g/mol. The molecule has 0 N–H and O–H groups in total. The molecule has 0 aromatic heterocycles. The van der Waals surface area contributed by atoms with Crippen LogP contribution in [0, 0.1) is 0 Å². The molecule has 0 atom stereocenters. The number of fused-ring (bicyclic) bond motifs is 2. The smallest absolute Gasteiger partial charge is 0.0151 e. The fraction of sp³-hybridized carbons (Fsp3) is 0.364. The Morgan fingerprint density at radius 3 is 1.62 bits per heavy atom. The molecule has 0 aliphatic heterocycles. The Kier molecular flexibility index (Phi) is 6.51. The fourth-order valence-electron chi connectivity index (χ4n) is 2.90. The maximum atomic E-state index is 2.42. The highest BCUT2D eigenvalue weighted by Crippen LogP contribution is 2.35. The van der Waals surface area contributed by atoms with Crippen molar-refractivity contribution in [2.75, 3.05) is 11.5 Å². The Bertz CT molecular complexity index is 743. The van der Waals surface area contributed by atoms with Crippen molar-refractivity contribution in [2.45, 2.75) is 49.3 Å². The normalized spacial score (nSPS) is 11.4. The Morgan fingerprint density at radius 2 is 1.17 bits per heavy atom. The molecular weight excluding hydrogens is 328 g/mol. The predicted molar refractivity (Wildman–Crippen MR) is 113 cm³/mol. The Hall–Kier alpha value is -1.12. The van der Waals surface area contributed by atoms with Crippen LogP contribution in [0.2, 0.25) is 0 Å². The highest BCUT2D eigenvalue weighted by atomic mass is 32.2. The van der Waals surface area contributed by atoms with E-state index in [0.717, 1.165) is 0 Å². The Balaban J connectivity index is 2.02. The number of thioether (sulfide) groups is 2. The molecule has 0 radical (unpaired) electrons. The molecule has 0 spiro atoms. The lowest BCUT2D eigenvalue weighted by molar-refractivity contribution is 0.896. The van der Waals surface area contributed by atoms with E-state index in [2.05, 4.69) is 62.4 Å².